The van der Waals surface area contributed by atoms with Crippen LogP contribution in [0, 0.1) is 19.7 Å². The van der Waals surface area contributed by atoms with E-state index in [9.17, 15) is 14.0 Å². The Morgan fingerprint density at radius 1 is 0.939 bits per heavy atom. The van der Waals surface area contributed by atoms with Crippen molar-refractivity contribution in [3.05, 3.63) is 101 Å². The maximum Gasteiger partial charge on any atom is 0.251 e. The Hall–Kier alpha value is -4.26. The second-order valence-corrected chi connectivity index (χ2v) is 7.72. The number of rotatable bonds is 6. The van der Waals surface area contributed by atoms with E-state index in [1.54, 1.807) is 10.7 Å². The number of nitrogens with zero attached hydrogens (tertiary/aromatic N) is 2. The molecule has 4 rings (SSSR count). The fourth-order valence-corrected chi connectivity index (χ4v) is 3.53. The van der Waals surface area contributed by atoms with Crippen LogP contribution >= 0.6 is 0 Å². The quantitative estimate of drug-likeness (QED) is 0.456. The molecule has 2 N–H and O–H groups in total. The molecule has 0 aliphatic rings. The van der Waals surface area contributed by atoms with Gasteiger partial charge in [-0.1, -0.05) is 54.1 Å². The maximum absolute atomic E-state index is 13.4. The Morgan fingerprint density at radius 3 is 2.45 bits per heavy atom. The van der Waals surface area contributed by atoms with Crippen LogP contribution < -0.4 is 10.6 Å². The van der Waals surface area contributed by atoms with E-state index >= 15 is 0 Å². The van der Waals surface area contributed by atoms with Crippen LogP contribution in [0.15, 0.2) is 78.9 Å². The number of carbonyl (C=O) groups excluding carboxylic acids is 2. The summed E-state index contributed by atoms with van der Waals surface area (Å²) in [5, 5.41) is 10.1. The predicted octanol–water partition coefficient (Wildman–Crippen LogP) is 4.66. The first kappa shape index (κ1) is 22.0. The minimum Gasteiger partial charge on any atom is -0.343 e. The molecule has 1 heterocycles. The molecule has 7 heteroatoms. The fourth-order valence-electron chi connectivity index (χ4n) is 3.53. The molecule has 0 atom stereocenters. The van der Waals surface area contributed by atoms with Crippen molar-refractivity contribution in [2.45, 2.75) is 13.8 Å². The predicted molar refractivity (Wildman–Crippen MR) is 126 cm³/mol. The van der Waals surface area contributed by atoms with Gasteiger partial charge in [0.2, 0.25) is 5.91 Å². The molecular weight excluding hydrogens is 419 g/mol. The molecule has 166 valence electrons. The summed E-state index contributed by atoms with van der Waals surface area (Å²) in [5.41, 5.74) is 4.73. The van der Waals surface area contributed by atoms with Gasteiger partial charge in [-0.05, 0) is 43.7 Å². The smallest absolute Gasteiger partial charge is 0.251 e. The third kappa shape index (κ3) is 5.15. The van der Waals surface area contributed by atoms with E-state index in [2.05, 4.69) is 10.6 Å². The van der Waals surface area contributed by atoms with Gasteiger partial charge < -0.3 is 10.6 Å². The van der Waals surface area contributed by atoms with Crippen molar-refractivity contribution >= 4 is 17.6 Å². The van der Waals surface area contributed by atoms with Crippen LogP contribution in [0.2, 0.25) is 0 Å². The van der Waals surface area contributed by atoms with Crippen molar-refractivity contribution in [1.82, 2.24) is 15.1 Å². The maximum atomic E-state index is 13.4. The SMILES string of the molecule is Cc1ccc(-n2nc(-c3ccccc3)cc2NC(=O)CNC(=O)c2cccc(F)c2)c(C)c1. The zero-order chi connectivity index (χ0) is 23.4. The minimum absolute atomic E-state index is 0.148. The Kier molecular flexibility index (Phi) is 6.31. The number of benzene rings is 3. The monoisotopic (exact) mass is 442 g/mol. The minimum atomic E-state index is -0.530. The first-order valence-electron chi connectivity index (χ1n) is 10.5. The third-order valence-electron chi connectivity index (χ3n) is 5.12. The van der Waals surface area contributed by atoms with Crippen LogP contribution in [-0.2, 0) is 4.79 Å². The molecule has 0 saturated heterocycles. The zero-order valence-corrected chi connectivity index (χ0v) is 18.3. The van der Waals surface area contributed by atoms with Crippen LogP contribution in [-0.4, -0.2) is 28.1 Å². The largest absolute Gasteiger partial charge is 0.343 e. The molecule has 0 aliphatic carbocycles. The molecule has 1 aromatic heterocycles. The van der Waals surface area contributed by atoms with Crippen LogP contribution in [0.3, 0.4) is 0 Å². The number of hydrogen-bond donors (Lipinski definition) is 2. The van der Waals surface area contributed by atoms with Gasteiger partial charge >= 0.3 is 0 Å². The van der Waals surface area contributed by atoms with Crippen LogP contribution in [0.4, 0.5) is 10.2 Å². The summed E-state index contributed by atoms with van der Waals surface area (Å²) < 4.78 is 15.0. The van der Waals surface area contributed by atoms with E-state index in [0.29, 0.717) is 11.5 Å². The molecule has 0 saturated carbocycles. The zero-order valence-electron chi connectivity index (χ0n) is 18.3. The molecule has 0 spiro atoms. The lowest BCUT2D eigenvalue weighted by atomic mass is 10.1. The number of amides is 2. The van der Waals surface area contributed by atoms with E-state index in [-0.39, 0.29) is 12.1 Å². The van der Waals surface area contributed by atoms with Crippen molar-refractivity contribution in [1.29, 1.82) is 0 Å². The fraction of sp³-hybridized carbons (Fsp3) is 0.115. The summed E-state index contributed by atoms with van der Waals surface area (Å²) in [6, 6.07) is 22.7. The number of nitrogens with one attached hydrogen (secondary N) is 2. The molecule has 0 bridgehead atoms. The standard InChI is InChI=1S/C26H23FN4O2/c1-17-11-12-23(18(2)13-17)31-24(15-22(30-31)19-7-4-3-5-8-19)29-25(32)16-28-26(33)20-9-6-10-21(27)14-20/h3-15H,16H2,1-2H3,(H,28,33)(H,29,32). The van der Waals surface area contributed by atoms with Gasteiger partial charge in [0.1, 0.15) is 11.6 Å². The lowest BCUT2D eigenvalue weighted by Crippen LogP contribution is -2.33. The van der Waals surface area contributed by atoms with E-state index < -0.39 is 17.6 Å². The van der Waals surface area contributed by atoms with Gasteiger partial charge in [-0.2, -0.15) is 5.10 Å². The first-order valence-corrected chi connectivity index (χ1v) is 10.5. The van der Waals surface area contributed by atoms with Crippen LogP contribution in [0.1, 0.15) is 21.5 Å². The Morgan fingerprint density at radius 2 is 1.73 bits per heavy atom. The molecule has 4 aromatic rings. The molecule has 33 heavy (non-hydrogen) atoms. The highest BCUT2D eigenvalue weighted by Gasteiger charge is 2.16. The van der Waals surface area contributed by atoms with Gasteiger partial charge in [-0.15, -0.1) is 0 Å². The number of hydrogen-bond acceptors (Lipinski definition) is 3. The number of aromatic nitrogens is 2. The summed E-state index contributed by atoms with van der Waals surface area (Å²) in [4.78, 5) is 24.9. The topological polar surface area (TPSA) is 76.0 Å². The van der Waals surface area contributed by atoms with Gasteiger partial charge in [0, 0.05) is 17.2 Å². The molecule has 3 aromatic carbocycles. The van der Waals surface area contributed by atoms with Gasteiger partial charge in [0.05, 0.1) is 17.9 Å². The average Bonchev–Trinajstić information content (AvgIpc) is 3.21. The number of halogens is 1. The molecule has 0 fully saturated rings. The van der Waals surface area contributed by atoms with Crippen molar-refractivity contribution in [2.24, 2.45) is 0 Å². The molecule has 2 amide bonds. The molecular formula is C26H23FN4O2. The van der Waals surface area contributed by atoms with Crippen LogP contribution in [0.25, 0.3) is 16.9 Å². The number of aryl methyl sites for hydroxylation is 2. The third-order valence-corrected chi connectivity index (χ3v) is 5.12. The Labute approximate surface area is 191 Å². The summed E-state index contributed by atoms with van der Waals surface area (Å²) in [7, 11) is 0. The highest BCUT2D eigenvalue weighted by atomic mass is 19.1. The Bertz CT molecular complexity index is 1320. The van der Waals surface area contributed by atoms with Crippen molar-refractivity contribution in [2.75, 3.05) is 11.9 Å². The Balaban J connectivity index is 1.57. The summed E-state index contributed by atoms with van der Waals surface area (Å²) in [6.45, 7) is 3.73. The van der Waals surface area contributed by atoms with E-state index in [4.69, 9.17) is 5.10 Å². The lowest BCUT2D eigenvalue weighted by molar-refractivity contribution is -0.115. The average molecular weight is 442 g/mol. The highest BCUT2D eigenvalue weighted by molar-refractivity contribution is 5.99. The highest BCUT2D eigenvalue weighted by Crippen LogP contribution is 2.26. The van der Waals surface area contributed by atoms with Crippen molar-refractivity contribution < 1.29 is 14.0 Å². The van der Waals surface area contributed by atoms with Crippen molar-refractivity contribution in [3.8, 4) is 16.9 Å². The molecule has 0 radical (unpaired) electrons. The van der Waals surface area contributed by atoms with Gasteiger partial charge in [0.25, 0.3) is 5.91 Å². The van der Waals surface area contributed by atoms with Crippen LogP contribution in [0.5, 0.6) is 0 Å². The second kappa shape index (κ2) is 9.48. The van der Waals surface area contributed by atoms with E-state index in [0.717, 1.165) is 28.4 Å². The van der Waals surface area contributed by atoms with Gasteiger partial charge in [0.15, 0.2) is 0 Å². The number of anilines is 1. The normalized spacial score (nSPS) is 10.6. The second-order valence-electron chi connectivity index (χ2n) is 7.72. The van der Waals surface area contributed by atoms with E-state index in [1.807, 2.05) is 62.4 Å². The molecule has 0 unspecified atom stereocenters. The van der Waals surface area contributed by atoms with E-state index in [1.165, 1.54) is 18.2 Å². The summed E-state index contributed by atoms with van der Waals surface area (Å²) >= 11 is 0. The first-order chi connectivity index (χ1) is 15.9. The molecule has 6 nitrogen and oxygen atoms in total. The van der Waals surface area contributed by atoms with Crippen molar-refractivity contribution in [3.63, 3.8) is 0 Å². The summed E-state index contributed by atoms with van der Waals surface area (Å²) in [6.07, 6.45) is 0. The number of carbonyl (C=O) groups is 2. The summed E-state index contributed by atoms with van der Waals surface area (Å²) in [5.74, 6) is -0.994. The lowest BCUT2D eigenvalue weighted by Gasteiger charge is -2.12. The van der Waals surface area contributed by atoms with Gasteiger partial charge in [-0.3, -0.25) is 9.59 Å². The van der Waals surface area contributed by atoms with Gasteiger partial charge in [-0.25, -0.2) is 9.07 Å². The molecule has 0 aliphatic heterocycles.